The number of halogens is 4. The van der Waals surface area contributed by atoms with Crippen molar-refractivity contribution < 1.29 is 17.9 Å². The summed E-state index contributed by atoms with van der Waals surface area (Å²) in [5.41, 5.74) is -0.538. The summed E-state index contributed by atoms with van der Waals surface area (Å²) in [6.45, 7) is -0.00718. The van der Waals surface area contributed by atoms with Crippen molar-refractivity contribution >= 4 is 11.6 Å². The molecule has 0 aliphatic rings. The van der Waals surface area contributed by atoms with Crippen molar-refractivity contribution in [1.82, 2.24) is 0 Å². The Morgan fingerprint density at radius 1 is 0.947 bits per heavy atom. The number of hydrogen-bond donors (Lipinski definition) is 0. The highest BCUT2D eigenvalue weighted by Gasteiger charge is 2.33. The second kappa shape index (κ2) is 5.53. The van der Waals surface area contributed by atoms with E-state index in [1.165, 1.54) is 12.1 Å². The maximum Gasteiger partial charge on any atom is 0.417 e. The number of ether oxygens (including phenoxy) is 1. The molecule has 0 saturated heterocycles. The maximum atomic E-state index is 12.7. The first-order chi connectivity index (χ1) is 8.98. The molecule has 0 spiro atoms. The van der Waals surface area contributed by atoms with Crippen LogP contribution in [-0.2, 0) is 12.8 Å². The topological polar surface area (TPSA) is 9.23 Å². The van der Waals surface area contributed by atoms with Gasteiger partial charge in [-0.25, -0.2) is 0 Å². The molecule has 1 nitrogen and oxygen atoms in total. The van der Waals surface area contributed by atoms with E-state index in [2.05, 4.69) is 0 Å². The molecule has 0 aliphatic heterocycles. The molecule has 0 aromatic heterocycles. The summed E-state index contributed by atoms with van der Waals surface area (Å²) < 4.78 is 43.4. The molecule has 5 heteroatoms. The number of hydrogen-bond acceptors (Lipinski definition) is 1. The minimum absolute atomic E-state index is 0.00718. The lowest BCUT2D eigenvalue weighted by atomic mass is 10.1. The lowest BCUT2D eigenvalue weighted by Gasteiger charge is -2.13. The Morgan fingerprint density at radius 2 is 1.63 bits per heavy atom. The van der Waals surface area contributed by atoms with Crippen molar-refractivity contribution in [3.05, 3.63) is 64.7 Å². The van der Waals surface area contributed by atoms with Crippen LogP contribution in [0.2, 0.25) is 5.02 Å². The van der Waals surface area contributed by atoms with Gasteiger partial charge in [0.05, 0.1) is 10.6 Å². The van der Waals surface area contributed by atoms with Crippen molar-refractivity contribution in [3.63, 3.8) is 0 Å². The average molecular weight is 287 g/mol. The summed E-state index contributed by atoms with van der Waals surface area (Å²) in [4.78, 5) is 0. The third-order valence-electron chi connectivity index (χ3n) is 2.52. The van der Waals surface area contributed by atoms with E-state index >= 15 is 0 Å². The third kappa shape index (κ3) is 3.41. The predicted molar refractivity (Wildman–Crippen MR) is 67.2 cm³/mol. The molecule has 19 heavy (non-hydrogen) atoms. The molecule has 0 saturated carbocycles. The zero-order valence-electron chi connectivity index (χ0n) is 9.75. The fourth-order valence-electron chi connectivity index (χ4n) is 1.59. The van der Waals surface area contributed by atoms with Crippen LogP contribution in [0.1, 0.15) is 11.1 Å². The second-order valence-electron chi connectivity index (χ2n) is 3.88. The monoisotopic (exact) mass is 286 g/mol. The van der Waals surface area contributed by atoms with E-state index in [0.29, 0.717) is 11.3 Å². The van der Waals surface area contributed by atoms with Crippen LogP contribution in [0, 0.1) is 0 Å². The molecule has 2 aromatic carbocycles. The van der Waals surface area contributed by atoms with Crippen LogP contribution in [0.5, 0.6) is 5.75 Å². The Bertz CT molecular complexity index is 552. The van der Waals surface area contributed by atoms with Gasteiger partial charge in [0.1, 0.15) is 12.4 Å². The second-order valence-corrected chi connectivity index (χ2v) is 4.26. The van der Waals surface area contributed by atoms with Gasteiger partial charge in [-0.15, -0.1) is 0 Å². The van der Waals surface area contributed by atoms with Gasteiger partial charge in [-0.05, 0) is 18.2 Å². The summed E-state index contributed by atoms with van der Waals surface area (Å²) in [5, 5.41) is -0.314. The van der Waals surface area contributed by atoms with Gasteiger partial charge in [0, 0.05) is 5.56 Å². The van der Waals surface area contributed by atoms with Crippen molar-refractivity contribution in [2.24, 2.45) is 0 Å². The largest absolute Gasteiger partial charge is 0.489 e. The molecule has 0 fully saturated rings. The quantitative estimate of drug-likeness (QED) is 0.777. The highest BCUT2D eigenvalue weighted by Crippen LogP contribution is 2.36. The molecule has 0 N–H and O–H groups in total. The van der Waals surface area contributed by atoms with Crippen LogP contribution in [0.15, 0.2) is 48.5 Å². The average Bonchev–Trinajstić information content (AvgIpc) is 2.37. The van der Waals surface area contributed by atoms with Gasteiger partial charge in [0.15, 0.2) is 0 Å². The Hall–Kier alpha value is -1.68. The lowest BCUT2D eigenvalue weighted by Crippen LogP contribution is -2.08. The van der Waals surface area contributed by atoms with Gasteiger partial charge >= 0.3 is 6.18 Å². The first-order valence-corrected chi connectivity index (χ1v) is 5.88. The van der Waals surface area contributed by atoms with Crippen LogP contribution < -0.4 is 4.74 Å². The molecular formula is C14H10ClF3O. The molecule has 0 heterocycles. The molecule has 2 rings (SSSR count). The van der Waals surface area contributed by atoms with Gasteiger partial charge in [-0.3, -0.25) is 0 Å². The minimum Gasteiger partial charge on any atom is -0.489 e. The standard InChI is InChI=1S/C14H10ClF3O/c15-13-10(5-4-8-12(13)14(16,17)18)9-19-11-6-2-1-3-7-11/h1-8H,9H2. The van der Waals surface area contributed by atoms with Gasteiger partial charge in [-0.1, -0.05) is 41.9 Å². The van der Waals surface area contributed by atoms with Crippen LogP contribution in [0.3, 0.4) is 0 Å². The molecule has 0 amide bonds. The minimum atomic E-state index is -4.46. The first-order valence-electron chi connectivity index (χ1n) is 5.51. The molecule has 0 bridgehead atoms. The van der Waals surface area contributed by atoms with Crippen molar-refractivity contribution in [3.8, 4) is 5.75 Å². The number of para-hydroxylation sites is 1. The zero-order valence-corrected chi connectivity index (χ0v) is 10.5. The van der Waals surface area contributed by atoms with Crippen LogP contribution in [0.4, 0.5) is 13.2 Å². The predicted octanol–water partition coefficient (Wildman–Crippen LogP) is 4.94. The van der Waals surface area contributed by atoms with Crippen LogP contribution in [0.25, 0.3) is 0 Å². The van der Waals surface area contributed by atoms with Gasteiger partial charge in [0.25, 0.3) is 0 Å². The van der Waals surface area contributed by atoms with E-state index in [9.17, 15) is 13.2 Å². The molecular weight excluding hydrogens is 277 g/mol. The van der Waals surface area contributed by atoms with Gasteiger partial charge in [-0.2, -0.15) is 13.2 Å². The molecule has 0 radical (unpaired) electrons. The molecule has 0 aliphatic carbocycles. The number of alkyl halides is 3. The highest BCUT2D eigenvalue weighted by molar-refractivity contribution is 6.32. The van der Waals surface area contributed by atoms with Gasteiger partial charge in [0.2, 0.25) is 0 Å². The zero-order chi connectivity index (χ0) is 13.9. The molecule has 100 valence electrons. The van der Waals surface area contributed by atoms with E-state index in [4.69, 9.17) is 16.3 Å². The summed E-state index contributed by atoms with van der Waals surface area (Å²) in [7, 11) is 0. The fourth-order valence-corrected chi connectivity index (χ4v) is 1.88. The van der Waals surface area contributed by atoms with E-state index < -0.39 is 11.7 Å². The molecule has 0 unspecified atom stereocenters. The Morgan fingerprint density at radius 3 is 2.26 bits per heavy atom. The maximum absolute atomic E-state index is 12.7. The van der Waals surface area contributed by atoms with Crippen LogP contribution in [-0.4, -0.2) is 0 Å². The molecule has 2 aromatic rings. The Labute approximate surface area is 113 Å². The Balaban J connectivity index is 2.18. The van der Waals surface area contributed by atoms with Crippen molar-refractivity contribution in [1.29, 1.82) is 0 Å². The van der Waals surface area contributed by atoms with Crippen molar-refractivity contribution in [2.75, 3.05) is 0 Å². The normalized spacial score (nSPS) is 11.4. The number of benzene rings is 2. The van der Waals surface area contributed by atoms with E-state index in [1.807, 2.05) is 6.07 Å². The third-order valence-corrected chi connectivity index (χ3v) is 2.97. The van der Waals surface area contributed by atoms with Crippen molar-refractivity contribution in [2.45, 2.75) is 12.8 Å². The van der Waals surface area contributed by atoms with Gasteiger partial charge < -0.3 is 4.74 Å². The molecule has 0 atom stereocenters. The summed E-state index contributed by atoms with van der Waals surface area (Å²) in [5.74, 6) is 0.580. The lowest BCUT2D eigenvalue weighted by molar-refractivity contribution is -0.137. The first kappa shape index (κ1) is 13.7. The van der Waals surface area contributed by atoms with E-state index in [-0.39, 0.29) is 11.6 Å². The van der Waals surface area contributed by atoms with E-state index in [1.54, 1.807) is 24.3 Å². The number of rotatable bonds is 3. The smallest absolute Gasteiger partial charge is 0.417 e. The van der Waals surface area contributed by atoms with Crippen LogP contribution >= 0.6 is 11.6 Å². The summed E-state index contributed by atoms with van der Waals surface area (Å²) in [6.07, 6.45) is -4.46. The SMILES string of the molecule is FC(F)(F)c1cccc(COc2ccccc2)c1Cl. The van der Waals surface area contributed by atoms with E-state index in [0.717, 1.165) is 6.07 Å². The Kier molecular flexibility index (Phi) is 4.00. The fraction of sp³-hybridized carbons (Fsp3) is 0.143. The summed E-state index contributed by atoms with van der Waals surface area (Å²) >= 11 is 5.76. The highest BCUT2D eigenvalue weighted by atomic mass is 35.5. The summed E-state index contributed by atoms with van der Waals surface area (Å²) in [6, 6.07) is 12.6.